The summed E-state index contributed by atoms with van der Waals surface area (Å²) in [6.07, 6.45) is -0.544. The van der Waals surface area contributed by atoms with E-state index in [1.807, 2.05) is 19.1 Å². The van der Waals surface area contributed by atoms with E-state index in [0.717, 1.165) is 12.0 Å². The van der Waals surface area contributed by atoms with Crippen molar-refractivity contribution >= 4 is 11.7 Å². The Morgan fingerprint density at radius 1 is 1.35 bits per heavy atom. The second-order valence-corrected chi connectivity index (χ2v) is 5.13. The summed E-state index contributed by atoms with van der Waals surface area (Å²) in [6.45, 7) is 3.19. The molecule has 1 unspecified atom stereocenters. The minimum Gasteiger partial charge on any atom is -0.378 e. The first kappa shape index (κ1) is 12.9. The molecule has 5 heteroatoms. The SMILES string of the molecule is Cc1ccc(C(=O)C2=C3NCCCN3C(=O)C2O)cc1. The van der Waals surface area contributed by atoms with Crippen LogP contribution in [0.5, 0.6) is 0 Å². The van der Waals surface area contributed by atoms with Crippen LogP contribution in [0.1, 0.15) is 22.3 Å². The van der Waals surface area contributed by atoms with E-state index in [-0.39, 0.29) is 11.4 Å². The number of aryl methyl sites for hydroxylation is 1. The van der Waals surface area contributed by atoms with Crippen LogP contribution in [0.2, 0.25) is 0 Å². The molecule has 2 N–H and O–H groups in total. The second kappa shape index (κ2) is 4.76. The smallest absolute Gasteiger partial charge is 0.261 e. The minimum absolute atomic E-state index is 0.165. The van der Waals surface area contributed by atoms with Crippen LogP contribution in [0.15, 0.2) is 35.7 Å². The maximum Gasteiger partial charge on any atom is 0.261 e. The van der Waals surface area contributed by atoms with Gasteiger partial charge in [-0.2, -0.15) is 0 Å². The number of nitrogens with zero attached hydrogens (tertiary/aromatic N) is 1. The van der Waals surface area contributed by atoms with E-state index in [1.165, 1.54) is 4.90 Å². The quantitative estimate of drug-likeness (QED) is 0.773. The first-order valence-electron chi connectivity index (χ1n) is 6.68. The van der Waals surface area contributed by atoms with Crippen LogP contribution in [-0.4, -0.2) is 40.9 Å². The number of hydrogen-bond donors (Lipinski definition) is 2. The molecule has 1 atom stereocenters. The monoisotopic (exact) mass is 272 g/mol. The normalized spacial score (nSPS) is 21.8. The number of carbonyl (C=O) groups excluding carboxylic acids is 2. The summed E-state index contributed by atoms with van der Waals surface area (Å²) in [5.74, 6) is -0.236. The Kier molecular flexibility index (Phi) is 3.06. The zero-order valence-corrected chi connectivity index (χ0v) is 11.2. The molecule has 20 heavy (non-hydrogen) atoms. The molecule has 1 saturated heterocycles. The first-order valence-corrected chi connectivity index (χ1v) is 6.68. The Hall–Kier alpha value is -2.14. The fourth-order valence-electron chi connectivity index (χ4n) is 2.60. The number of ketones is 1. The van der Waals surface area contributed by atoms with Crippen molar-refractivity contribution in [3.05, 3.63) is 46.8 Å². The molecular formula is C15H16N2O3. The predicted molar refractivity (Wildman–Crippen MR) is 72.9 cm³/mol. The summed E-state index contributed by atoms with van der Waals surface area (Å²) >= 11 is 0. The van der Waals surface area contributed by atoms with Gasteiger partial charge in [0.2, 0.25) is 0 Å². The van der Waals surface area contributed by atoms with E-state index >= 15 is 0 Å². The van der Waals surface area contributed by atoms with E-state index in [1.54, 1.807) is 12.1 Å². The van der Waals surface area contributed by atoms with Crippen molar-refractivity contribution in [1.29, 1.82) is 0 Å². The van der Waals surface area contributed by atoms with Gasteiger partial charge < -0.3 is 10.4 Å². The standard InChI is InChI=1S/C15H16N2O3/c1-9-3-5-10(6-4-9)12(18)11-13(19)15(20)17-8-2-7-16-14(11)17/h3-6,13,16,19H,2,7-8H2,1H3. The topological polar surface area (TPSA) is 69.6 Å². The molecule has 2 aliphatic heterocycles. The molecule has 1 aromatic carbocycles. The van der Waals surface area contributed by atoms with Crippen LogP contribution in [0.3, 0.4) is 0 Å². The zero-order valence-electron chi connectivity index (χ0n) is 11.2. The third kappa shape index (κ3) is 1.91. The Morgan fingerprint density at radius 3 is 2.75 bits per heavy atom. The van der Waals surface area contributed by atoms with Crippen molar-refractivity contribution in [2.75, 3.05) is 13.1 Å². The Balaban J connectivity index is 2.01. The lowest BCUT2D eigenvalue weighted by molar-refractivity contribution is -0.134. The van der Waals surface area contributed by atoms with Gasteiger partial charge in [-0.05, 0) is 13.3 Å². The van der Waals surface area contributed by atoms with Crippen LogP contribution in [0.4, 0.5) is 0 Å². The molecule has 0 aliphatic carbocycles. The highest BCUT2D eigenvalue weighted by molar-refractivity contribution is 6.15. The van der Waals surface area contributed by atoms with Crippen molar-refractivity contribution in [2.45, 2.75) is 19.4 Å². The molecule has 3 rings (SSSR count). The fraction of sp³-hybridized carbons (Fsp3) is 0.333. The van der Waals surface area contributed by atoms with Gasteiger partial charge in [-0.1, -0.05) is 29.8 Å². The Morgan fingerprint density at radius 2 is 2.05 bits per heavy atom. The number of nitrogens with one attached hydrogen (secondary N) is 1. The molecular weight excluding hydrogens is 256 g/mol. The van der Waals surface area contributed by atoms with E-state index < -0.39 is 12.0 Å². The maximum atomic E-state index is 12.5. The number of fused-ring (bicyclic) bond motifs is 1. The fourth-order valence-corrected chi connectivity index (χ4v) is 2.60. The number of aliphatic hydroxyl groups excluding tert-OH is 1. The number of Topliss-reactive ketones (excluding diaryl/α,β-unsaturated/α-hetero) is 1. The second-order valence-electron chi connectivity index (χ2n) is 5.13. The molecule has 1 fully saturated rings. The lowest BCUT2D eigenvalue weighted by atomic mass is 9.99. The van der Waals surface area contributed by atoms with Gasteiger partial charge in [-0.25, -0.2) is 0 Å². The van der Waals surface area contributed by atoms with Gasteiger partial charge in [0.25, 0.3) is 5.91 Å². The number of benzene rings is 1. The average Bonchev–Trinajstić information content (AvgIpc) is 2.72. The molecule has 0 saturated carbocycles. The summed E-state index contributed by atoms with van der Waals surface area (Å²) in [7, 11) is 0. The highest BCUT2D eigenvalue weighted by atomic mass is 16.3. The molecule has 0 aromatic heterocycles. The third-order valence-corrected chi connectivity index (χ3v) is 3.71. The average molecular weight is 272 g/mol. The van der Waals surface area contributed by atoms with Gasteiger partial charge in [0, 0.05) is 18.7 Å². The molecule has 0 radical (unpaired) electrons. The van der Waals surface area contributed by atoms with Gasteiger partial charge in [0.1, 0.15) is 5.82 Å². The maximum absolute atomic E-state index is 12.5. The number of carbonyl (C=O) groups is 2. The lowest BCUT2D eigenvalue weighted by Crippen LogP contribution is -2.41. The summed E-state index contributed by atoms with van der Waals surface area (Å²) < 4.78 is 0. The summed E-state index contributed by atoms with van der Waals surface area (Å²) in [5.41, 5.74) is 1.71. The van der Waals surface area contributed by atoms with Crippen molar-refractivity contribution < 1.29 is 14.7 Å². The lowest BCUT2D eigenvalue weighted by Gasteiger charge is -2.26. The highest BCUT2D eigenvalue weighted by Crippen LogP contribution is 2.28. The first-order chi connectivity index (χ1) is 9.59. The van der Waals surface area contributed by atoms with Crippen molar-refractivity contribution in [3.8, 4) is 0 Å². The predicted octanol–water partition coefficient (Wildman–Crippen LogP) is 0.586. The zero-order chi connectivity index (χ0) is 14.3. The number of rotatable bonds is 2. The van der Waals surface area contributed by atoms with Gasteiger partial charge in [-0.3, -0.25) is 14.5 Å². The van der Waals surface area contributed by atoms with Crippen LogP contribution in [0.25, 0.3) is 0 Å². The largest absolute Gasteiger partial charge is 0.378 e. The number of aliphatic hydroxyl groups is 1. The summed E-state index contributed by atoms with van der Waals surface area (Å²) in [6, 6.07) is 7.11. The number of hydrogen-bond acceptors (Lipinski definition) is 4. The van der Waals surface area contributed by atoms with E-state index in [4.69, 9.17) is 0 Å². The minimum atomic E-state index is -1.36. The van der Waals surface area contributed by atoms with Crippen LogP contribution in [-0.2, 0) is 4.79 Å². The van der Waals surface area contributed by atoms with Gasteiger partial charge in [-0.15, -0.1) is 0 Å². The van der Waals surface area contributed by atoms with E-state index in [0.29, 0.717) is 24.5 Å². The molecule has 1 aromatic rings. The van der Waals surface area contributed by atoms with Crippen molar-refractivity contribution in [1.82, 2.24) is 10.2 Å². The van der Waals surface area contributed by atoms with Crippen LogP contribution < -0.4 is 5.32 Å². The molecule has 5 nitrogen and oxygen atoms in total. The summed E-state index contributed by atoms with van der Waals surface area (Å²) in [5, 5.41) is 13.1. The Labute approximate surface area is 116 Å². The number of amides is 1. The summed E-state index contributed by atoms with van der Waals surface area (Å²) in [4.78, 5) is 26.0. The molecule has 1 amide bonds. The van der Waals surface area contributed by atoms with E-state index in [9.17, 15) is 14.7 Å². The van der Waals surface area contributed by atoms with Crippen molar-refractivity contribution in [2.24, 2.45) is 0 Å². The molecule has 2 heterocycles. The molecule has 104 valence electrons. The van der Waals surface area contributed by atoms with Gasteiger partial charge in [0.15, 0.2) is 11.9 Å². The van der Waals surface area contributed by atoms with Crippen molar-refractivity contribution in [3.63, 3.8) is 0 Å². The van der Waals surface area contributed by atoms with E-state index in [2.05, 4.69) is 5.32 Å². The van der Waals surface area contributed by atoms with Gasteiger partial charge in [0.05, 0.1) is 5.57 Å². The van der Waals surface area contributed by atoms with Crippen LogP contribution >= 0.6 is 0 Å². The molecule has 0 bridgehead atoms. The van der Waals surface area contributed by atoms with Crippen LogP contribution in [0, 0.1) is 6.92 Å². The van der Waals surface area contributed by atoms with Gasteiger partial charge >= 0.3 is 0 Å². The molecule has 2 aliphatic rings. The molecule has 0 spiro atoms. The Bertz CT molecular complexity index is 604. The third-order valence-electron chi connectivity index (χ3n) is 3.71. The highest BCUT2D eigenvalue weighted by Gasteiger charge is 2.42.